The second-order valence-corrected chi connectivity index (χ2v) is 17.1. The van der Waals surface area contributed by atoms with E-state index in [2.05, 4.69) is 36.1 Å². The van der Waals surface area contributed by atoms with Gasteiger partial charge in [0.25, 0.3) is 5.91 Å². The third-order valence-corrected chi connectivity index (χ3v) is 13.1. The number of aliphatic hydroxyl groups is 1. The lowest BCUT2D eigenvalue weighted by Crippen LogP contribution is -2.47. The van der Waals surface area contributed by atoms with Crippen molar-refractivity contribution in [2.24, 2.45) is 5.92 Å². The molecule has 5 aliphatic rings. The van der Waals surface area contributed by atoms with Crippen molar-refractivity contribution in [3.63, 3.8) is 0 Å². The van der Waals surface area contributed by atoms with E-state index in [0.29, 0.717) is 53.8 Å². The Kier molecular flexibility index (Phi) is 12.5. The summed E-state index contributed by atoms with van der Waals surface area (Å²) in [7, 11) is 0. The number of aromatic nitrogens is 2. The number of benzene rings is 2. The summed E-state index contributed by atoms with van der Waals surface area (Å²) in [6.07, 6.45) is 10.4. The second-order valence-electron chi connectivity index (χ2n) is 17.1. The maximum Gasteiger partial charge on any atom is 0.253 e. The fourth-order valence-electron chi connectivity index (χ4n) is 9.69. The van der Waals surface area contributed by atoms with Gasteiger partial charge >= 0.3 is 0 Å². The molecule has 0 spiro atoms. The number of carbonyl (C=O) groups excluding carboxylic acids is 4. The fourth-order valence-corrected chi connectivity index (χ4v) is 9.69. The van der Waals surface area contributed by atoms with E-state index in [1.54, 1.807) is 29.2 Å². The van der Waals surface area contributed by atoms with Crippen LogP contribution in [0.5, 0.6) is 0 Å². The molecule has 3 aromatic rings. The minimum absolute atomic E-state index is 0.00260. The first-order valence-electron chi connectivity index (χ1n) is 21.4. The number of β-amino-alcohol motifs (C(OH)–C–C–N with tert-alkyl or cyclic N) is 1. The van der Waals surface area contributed by atoms with Crippen molar-refractivity contribution < 1.29 is 33.1 Å². The third kappa shape index (κ3) is 9.73. The lowest BCUT2D eigenvalue weighted by Gasteiger charge is -2.41. The largest absolute Gasteiger partial charge is 0.391 e. The van der Waals surface area contributed by atoms with Crippen LogP contribution in [0.4, 0.5) is 20.4 Å². The summed E-state index contributed by atoms with van der Waals surface area (Å²) >= 11 is 0. The summed E-state index contributed by atoms with van der Waals surface area (Å²) < 4.78 is 30.2. The molecule has 5 N–H and O–H groups in total. The van der Waals surface area contributed by atoms with Crippen LogP contribution < -0.4 is 21.3 Å². The first-order valence-corrected chi connectivity index (χ1v) is 21.4. The summed E-state index contributed by atoms with van der Waals surface area (Å²) in [4.78, 5) is 62.7. The minimum atomic E-state index is -0.583. The Morgan fingerprint density at radius 3 is 2.29 bits per heavy atom. The molecule has 3 aliphatic heterocycles. The molecular formula is C44H54F2N8O5. The molecule has 2 saturated carbocycles. The molecule has 314 valence electrons. The van der Waals surface area contributed by atoms with E-state index in [4.69, 9.17) is 0 Å². The first-order chi connectivity index (χ1) is 28.6. The second kappa shape index (κ2) is 18.1. The van der Waals surface area contributed by atoms with Gasteiger partial charge in [-0.15, -0.1) is 0 Å². The van der Waals surface area contributed by atoms with E-state index in [0.717, 1.165) is 83.5 Å². The average molecular weight is 813 g/mol. The highest BCUT2D eigenvalue weighted by atomic mass is 19.1. The van der Waals surface area contributed by atoms with Gasteiger partial charge in [0.15, 0.2) is 5.82 Å². The molecule has 0 bridgehead atoms. The van der Waals surface area contributed by atoms with Crippen LogP contribution in [0.2, 0.25) is 0 Å². The van der Waals surface area contributed by atoms with Crippen LogP contribution in [0.25, 0.3) is 11.3 Å². The number of hydrogen-bond donors (Lipinski definition) is 5. The maximum absolute atomic E-state index is 15.3. The van der Waals surface area contributed by atoms with Crippen molar-refractivity contribution >= 4 is 35.3 Å². The number of imide groups is 1. The number of aliphatic hydroxyl groups excluding tert-OH is 1. The first kappa shape index (κ1) is 40.7. The van der Waals surface area contributed by atoms with Gasteiger partial charge in [0.1, 0.15) is 17.6 Å². The van der Waals surface area contributed by atoms with E-state index in [1.165, 1.54) is 6.07 Å². The Hall–Kier alpha value is -5.02. The fraction of sp³-hybridized carbons (Fsp3) is 0.545. The molecule has 2 atom stereocenters. The van der Waals surface area contributed by atoms with E-state index < -0.39 is 18.0 Å². The van der Waals surface area contributed by atoms with Crippen molar-refractivity contribution in [3.8, 4) is 11.3 Å². The SMILES string of the molecule is O=C1CCC(Nc2ccc(C3CCN([C@H]4CC[C@H](C(=O)N[C@H]5CC[C@H](Nc6ncc(F)c(-c7cccc(C(=O)N8CC[C@H](O)C8)c7)n6)CC5)CC4)CC3)c(F)c2)C(=O)N1. The monoisotopic (exact) mass is 812 g/mol. The number of likely N-dealkylation sites (tertiary alicyclic amines) is 2. The quantitative estimate of drug-likeness (QED) is 0.173. The van der Waals surface area contributed by atoms with Gasteiger partial charge in [0.2, 0.25) is 23.7 Å². The molecule has 8 rings (SSSR count). The molecule has 4 heterocycles. The Morgan fingerprint density at radius 2 is 1.58 bits per heavy atom. The molecule has 59 heavy (non-hydrogen) atoms. The van der Waals surface area contributed by atoms with E-state index in [-0.39, 0.29) is 72.0 Å². The number of halogens is 2. The molecule has 3 saturated heterocycles. The molecule has 5 fully saturated rings. The van der Waals surface area contributed by atoms with Crippen molar-refractivity contribution in [2.75, 3.05) is 36.8 Å². The summed E-state index contributed by atoms with van der Waals surface area (Å²) in [5.41, 5.74) is 2.24. The lowest BCUT2D eigenvalue weighted by atomic mass is 9.82. The Balaban J connectivity index is 0.752. The number of hydrogen-bond acceptors (Lipinski definition) is 10. The molecule has 4 amide bonds. The molecule has 0 radical (unpaired) electrons. The van der Waals surface area contributed by atoms with E-state index in [1.807, 2.05) is 12.1 Å². The smallest absolute Gasteiger partial charge is 0.253 e. The maximum atomic E-state index is 15.3. The van der Waals surface area contributed by atoms with Gasteiger partial charge < -0.3 is 30.9 Å². The van der Waals surface area contributed by atoms with Crippen LogP contribution in [0.15, 0.2) is 48.7 Å². The lowest BCUT2D eigenvalue weighted by molar-refractivity contribution is -0.133. The topological polar surface area (TPSA) is 169 Å². The summed E-state index contributed by atoms with van der Waals surface area (Å²) in [6.45, 7) is 2.55. The van der Waals surface area contributed by atoms with Crippen LogP contribution in [0.1, 0.15) is 105 Å². The van der Waals surface area contributed by atoms with Crippen LogP contribution >= 0.6 is 0 Å². The molecule has 2 aliphatic carbocycles. The number of nitrogens with one attached hydrogen (secondary N) is 4. The molecule has 2 aromatic carbocycles. The van der Waals surface area contributed by atoms with Crippen molar-refractivity contribution in [1.29, 1.82) is 0 Å². The summed E-state index contributed by atoms with van der Waals surface area (Å²) in [5, 5.41) is 21.9. The Morgan fingerprint density at radius 1 is 0.814 bits per heavy atom. The number of rotatable bonds is 10. The standard InChI is InChI=1S/C44H54F2N8O5/c45-36-23-32(48-38-14-15-39(56)51-42(38)58)10-13-35(36)26-16-19-53(20-17-26)33-11-4-27(5-12-33)41(57)49-30-6-8-31(9-7-30)50-44-47-24-37(46)40(52-44)28-2-1-3-29(22-28)43(59)54-21-18-34(55)25-54/h1-3,10,13,22-24,26-27,30-31,33-34,38,48,55H,4-9,11-12,14-21,25H2,(H,49,57)(H,47,50,52)(H,51,56,58)/t27-,30-,31-,33-,34-,38?/m0/s1. The minimum Gasteiger partial charge on any atom is -0.391 e. The molecule has 13 nitrogen and oxygen atoms in total. The number of anilines is 2. The van der Waals surface area contributed by atoms with Crippen LogP contribution in [0.3, 0.4) is 0 Å². The third-order valence-electron chi connectivity index (χ3n) is 13.1. The number of amides is 4. The van der Waals surface area contributed by atoms with E-state index >= 15 is 4.39 Å². The van der Waals surface area contributed by atoms with Crippen molar-refractivity contribution in [2.45, 2.75) is 120 Å². The number of carbonyl (C=O) groups is 4. The molecule has 1 unspecified atom stereocenters. The van der Waals surface area contributed by atoms with Crippen LogP contribution in [-0.4, -0.2) is 105 Å². The van der Waals surface area contributed by atoms with Crippen LogP contribution in [0, 0.1) is 17.6 Å². The van der Waals surface area contributed by atoms with Gasteiger partial charge in [0.05, 0.1) is 12.3 Å². The van der Waals surface area contributed by atoms with Gasteiger partial charge in [-0.1, -0.05) is 18.2 Å². The summed E-state index contributed by atoms with van der Waals surface area (Å²) in [5.74, 6) is -1.14. The van der Waals surface area contributed by atoms with Crippen molar-refractivity contribution in [1.82, 2.24) is 30.4 Å². The summed E-state index contributed by atoms with van der Waals surface area (Å²) in [6, 6.07) is 11.9. The molecule has 15 heteroatoms. The zero-order valence-corrected chi connectivity index (χ0v) is 33.3. The van der Waals surface area contributed by atoms with Crippen LogP contribution in [-0.2, 0) is 14.4 Å². The molecule has 1 aromatic heterocycles. The predicted octanol–water partition coefficient (Wildman–Crippen LogP) is 5.12. The zero-order chi connectivity index (χ0) is 41.0. The predicted molar refractivity (Wildman–Crippen MR) is 217 cm³/mol. The van der Waals surface area contributed by atoms with Gasteiger partial charge in [-0.25, -0.2) is 18.7 Å². The average Bonchev–Trinajstić information content (AvgIpc) is 3.69. The highest BCUT2D eigenvalue weighted by Gasteiger charge is 2.34. The van der Waals surface area contributed by atoms with Gasteiger partial charge in [-0.05, 0) is 126 Å². The van der Waals surface area contributed by atoms with E-state index in [9.17, 15) is 28.7 Å². The normalized spacial score (nSPS) is 26.9. The van der Waals surface area contributed by atoms with Crippen molar-refractivity contribution in [3.05, 3.63) is 71.4 Å². The number of piperidine rings is 2. The number of nitrogens with zero attached hydrogens (tertiary/aromatic N) is 4. The highest BCUT2D eigenvalue weighted by molar-refractivity contribution is 6.01. The molecular weight excluding hydrogens is 759 g/mol. The zero-order valence-electron chi connectivity index (χ0n) is 33.3. The Bertz CT molecular complexity index is 2030. The highest BCUT2D eigenvalue weighted by Crippen LogP contribution is 2.36. The Labute approximate surface area is 343 Å². The van der Waals surface area contributed by atoms with Gasteiger partial charge in [-0.3, -0.25) is 24.5 Å². The van der Waals surface area contributed by atoms with Gasteiger partial charge in [-0.2, -0.15) is 0 Å². The van der Waals surface area contributed by atoms with Gasteiger partial charge in [0, 0.05) is 60.4 Å².